The summed E-state index contributed by atoms with van der Waals surface area (Å²) in [5, 5.41) is 7.70. The first-order valence-corrected chi connectivity index (χ1v) is 6.30. The summed E-state index contributed by atoms with van der Waals surface area (Å²) >= 11 is 0. The summed E-state index contributed by atoms with van der Waals surface area (Å²) in [6.45, 7) is 7.04. The summed E-state index contributed by atoms with van der Waals surface area (Å²) in [6.07, 6.45) is 1.85. The maximum atomic E-state index is 4.42. The van der Waals surface area contributed by atoms with Crippen LogP contribution in [0.25, 0.3) is 0 Å². The third kappa shape index (κ3) is 2.43. The maximum Gasteiger partial charge on any atom is 0.0747 e. The number of hydrogen-bond acceptors (Lipinski definition) is 3. The van der Waals surface area contributed by atoms with Crippen LogP contribution in [0.2, 0.25) is 0 Å². The smallest absolute Gasteiger partial charge is 0.0747 e. The van der Waals surface area contributed by atoms with E-state index in [1.54, 1.807) is 0 Å². The Labute approximate surface area is 108 Å². The highest BCUT2D eigenvalue weighted by molar-refractivity contribution is 5.30. The standard InChI is InChI=1S/C14H20N4/c1-5-18-13(6-7-16-18)14(15-4)12-8-10(2)17-11(3)9-12/h6-9,14-15H,5H2,1-4H3. The predicted octanol–water partition coefficient (Wildman–Crippen LogP) is 2.22. The zero-order valence-corrected chi connectivity index (χ0v) is 11.4. The third-order valence-electron chi connectivity index (χ3n) is 3.07. The number of nitrogens with one attached hydrogen (secondary N) is 1. The zero-order chi connectivity index (χ0) is 13.1. The van der Waals surface area contributed by atoms with Crippen molar-refractivity contribution >= 4 is 0 Å². The van der Waals surface area contributed by atoms with Crippen LogP contribution in [0.15, 0.2) is 24.4 Å². The van der Waals surface area contributed by atoms with E-state index < -0.39 is 0 Å². The number of rotatable bonds is 4. The second-order valence-electron chi connectivity index (χ2n) is 4.48. The molecule has 2 aromatic heterocycles. The fourth-order valence-corrected chi connectivity index (χ4v) is 2.37. The minimum absolute atomic E-state index is 0.160. The van der Waals surface area contributed by atoms with E-state index in [-0.39, 0.29) is 6.04 Å². The third-order valence-corrected chi connectivity index (χ3v) is 3.07. The number of aryl methyl sites for hydroxylation is 3. The topological polar surface area (TPSA) is 42.7 Å². The lowest BCUT2D eigenvalue weighted by Crippen LogP contribution is -2.21. The Balaban J connectivity index is 2.45. The van der Waals surface area contributed by atoms with Gasteiger partial charge >= 0.3 is 0 Å². The molecule has 1 N–H and O–H groups in total. The molecule has 96 valence electrons. The molecule has 2 rings (SSSR count). The van der Waals surface area contributed by atoms with Gasteiger partial charge in [0.2, 0.25) is 0 Å². The van der Waals surface area contributed by atoms with Crippen LogP contribution in [-0.2, 0) is 6.54 Å². The first-order chi connectivity index (χ1) is 8.65. The van der Waals surface area contributed by atoms with Crippen molar-refractivity contribution in [1.29, 1.82) is 0 Å². The van der Waals surface area contributed by atoms with Gasteiger partial charge in [-0.05, 0) is 51.6 Å². The van der Waals surface area contributed by atoms with Gasteiger partial charge in [-0.1, -0.05) is 0 Å². The van der Waals surface area contributed by atoms with Gasteiger partial charge in [-0.2, -0.15) is 5.10 Å². The van der Waals surface area contributed by atoms with Crippen molar-refractivity contribution in [3.8, 4) is 0 Å². The molecule has 18 heavy (non-hydrogen) atoms. The maximum absolute atomic E-state index is 4.42. The van der Waals surface area contributed by atoms with Gasteiger partial charge in [0.05, 0.1) is 11.7 Å². The molecule has 0 fully saturated rings. The van der Waals surface area contributed by atoms with E-state index in [0.717, 1.165) is 17.9 Å². The molecule has 4 nitrogen and oxygen atoms in total. The predicted molar refractivity (Wildman–Crippen MR) is 72.5 cm³/mol. The molecular formula is C14H20N4. The molecule has 0 aliphatic carbocycles. The van der Waals surface area contributed by atoms with Crippen LogP contribution >= 0.6 is 0 Å². The Morgan fingerprint density at radius 2 is 1.94 bits per heavy atom. The zero-order valence-electron chi connectivity index (χ0n) is 11.4. The van der Waals surface area contributed by atoms with Crippen LogP contribution in [0.5, 0.6) is 0 Å². The van der Waals surface area contributed by atoms with Gasteiger partial charge in [-0.25, -0.2) is 0 Å². The van der Waals surface area contributed by atoms with Crippen molar-refractivity contribution in [3.63, 3.8) is 0 Å². The second kappa shape index (κ2) is 5.31. The van der Waals surface area contributed by atoms with Gasteiger partial charge < -0.3 is 5.32 Å². The average molecular weight is 244 g/mol. The molecule has 2 heterocycles. The summed E-state index contributed by atoms with van der Waals surface area (Å²) in [5.74, 6) is 0. The Morgan fingerprint density at radius 1 is 1.28 bits per heavy atom. The molecule has 0 aliphatic heterocycles. The minimum atomic E-state index is 0.160. The Kier molecular flexibility index (Phi) is 3.77. The molecule has 2 aromatic rings. The molecule has 1 unspecified atom stereocenters. The SMILES string of the molecule is CCn1nccc1C(NC)c1cc(C)nc(C)c1. The van der Waals surface area contributed by atoms with E-state index >= 15 is 0 Å². The van der Waals surface area contributed by atoms with E-state index in [1.165, 1.54) is 11.3 Å². The first-order valence-electron chi connectivity index (χ1n) is 6.30. The van der Waals surface area contributed by atoms with Gasteiger partial charge in [0.25, 0.3) is 0 Å². The molecule has 4 heteroatoms. The van der Waals surface area contributed by atoms with Crippen LogP contribution in [0.1, 0.15) is 35.6 Å². The monoisotopic (exact) mass is 244 g/mol. The van der Waals surface area contributed by atoms with E-state index in [2.05, 4.69) is 40.5 Å². The van der Waals surface area contributed by atoms with E-state index in [4.69, 9.17) is 0 Å². The van der Waals surface area contributed by atoms with Gasteiger partial charge in [0, 0.05) is 24.1 Å². The van der Waals surface area contributed by atoms with E-state index in [9.17, 15) is 0 Å². The lowest BCUT2D eigenvalue weighted by atomic mass is 10.0. The molecule has 0 amide bonds. The normalized spacial score (nSPS) is 12.7. The first kappa shape index (κ1) is 12.8. The molecule has 0 aliphatic rings. The van der Waals surface area contributed by atoms with E-state index in [1.807, 2.05) is 31.8 Å². The number of nitrogens with zero attached hydrogens (tertiary/aromatic N) is 3. The summed E-state index contributed by atoms with van der Waals surface area (Å²) < 4.78 is 2.02. The lowest BCUT2D eigenvalue weighted by molar-refractivity contribution is 0.562. The molecular weight excluding hydrogens is 224 g/mol. The highest BCUT2D eigenvalue weighted by Gasteiger charge is 2.16. The largest absolute Gasteiger partial charge is 0.308 e. The Hall–Kier alpha value is -1.68. The van der Waals surface area contributed by atoms with Crippen molar-refractivity contribution in [2.24, 2.45) is 0 Å². The van der Waals surface area contributed by atoms with Crippen LogP contribution in [0, 0.1) is 13.8 Å². The summed E-state index contributed by atoms with van der Waals surface area (Å²) in [5.41, 5.74) is 4.52. The molecule has 1 atom stereocenters. The molecule has 0 radical (unpaired) electrons. The summed E-state index contributed by atoms with van der Waals surface area (Å²) in [4.78, 5) is 4.42. The molecule has 0 aromatic carbocycles. The minimum Gasteiger partial charge on any atom is -0.308 e. The van der Waals surface area contributed by atoms with Crippen molar-refractivity contribution in [1.82, 2.24) is 20.1 Å². The number of aromatic nitrogens is 3. The fraction of sp³-hybridized carbons (Fsp3) is 0.429. The molecule has 0 saturated carbocycles. The fourth-order valence-electron chi connectivity index (χ4n) is 2.37. The van der Waals surface area contributed by atoms with Gasteiger partial charge in [0.15, 0.2) is 0 Å². The van der Waals surface area contributed by atoms with Crippen molar-refractivity contribution < 1.29 is 0 Å². The Morgan fingerprint density at radius 3 is 2.50 bits per heavy atom. The Bertz CT molecular complexity index is 510. The van der Waals surface area contributed by atoms with Crippen molar-refractivity contribution in [2.45, 2.75) is 33.4 Å². The van der Waals surface area contributed by atoms with E-state index in [0.29, 0.717) is 0 Å². The van der Waals surface area contributed by atoms with Crippen LogP contribution in [0.3, 0.4) is 0 Å². The highest BCUT2D eigenvalue weighted by Crippen LogP contribution is 2.22. The van der Waals surface area contributed by atoms with Gasteiger partial charge in [-0.3, -0.25) is 9.67 Å². The second-order valence-corrected chi connectivity index (χ2v) is 4.48. The highest BCUT2D eigenvalue weighted by atomic mass is 15.3. The average Bonchev–Trinajstić information content (AvgIpc) is 2.77. The number of pyridine rings is 1. The van der Waals surface area contributed by atoms with Crippen LogP contribution < -0.4 is 5.32 Å². The molecule has 0 spiro atoms. The van der Waals surface area contributed by atoms with Gasteiger partial charge in [0.1, 0.15) is 0 Å². The molecule has 0 saturated heterocycles. The van der Waals surface area contributed by atoms with Crippen LogP contribution in [0.4, 0.5) is 0 Å². The number of hydrogen-bond donors (Lipinski definition) is 1. The van der Waals surface area contributed by atoms with Crippen LogP contribution in [-0.4, -0.2) is 21.8 Å². The van der Waals surface area contributed by atoms with Gasteiger partial charge in [-0.15, -0.1) is 0 Å². The quantitative estimate of drug-likeness (QED) is 0.896. The lowest BCUT2D eigenvalue weighted by Gasteiger charge is -2.18. The summed E-state index contributed by atoms with van der Waals surface area (Å²) in [7, 11) is 1.97. The molecule has 0 bridgehead atoms. The van der Waals surface area contributed by atoms with Crippen molar-refractivity contribution in [3.05, 3.63) is 47.0 Å². The summed E-state index contributed by atoms with van der Waals surface area (Å²) in [6, 6.07) is 6.48. The van der Waals surface area contributed by atoms with Crippen molar-refractivity contribution in [2.75, 3.05) is 7.05 Å².